The molecule has 2 fully saturated rings. The topological polar surface area (TPSA) is 105 Å². The lowest BCUT2D eigenvalue weighted by molar-refractivity contribution is -0.145. The van der Waals surface area contributed by atoms with E-state index < -0.39 is 21.9 Å². The largest absolute Gasteiger partial charge is 0.489 e. The Hall–Kier alpha value is -2.42. The molecule has 2 aliphatic carbocycles. The average molecular weight is 515 g/mol. The van der Waals surface area contributed by atoms with E-state index in [1.807, 2.05) is 24.3 Å². The van der Waals surface area contributed by atoms with Crippen LogP contribution in [-0.4, -0.2) is 31.6 Å². The molecule has 2 aliphatic rings. The Morgan fingerprint density at radius 2 is 1.69 bits per heavy atom. The van der Waals surface area contributed by atoms with E-state index in [0.717, 1.165) is 17.2 Å². The van der Waals surface area contributed by atoms with Crippen molar-refractivity contribution in [3.05, 3.63) is 59.7 Å². The van der Waals surface area contributed by atoms with Gasteiger partial charge in [-0.05, 0) is 44.2 Å². The fourth-order valence-corrected chi connectivity index (χ4v) is 6.81. The lowest BCUT2D eigenvalue weighted by Crippen LogP contribution is -2.46. The first-order valence-electron chi connectivity index (χ1n) is 13.1. The minimum absolute atomic E-state index is 0.119. The second kappa shape index (κ2) is 12.2. The van der Waals surface area contributed by atoms with Gasteiger partial charge in [0, 0.05) is 29.8 Å². The van der Waals surface area contributed by atoms with Crippen molar-refractivity contribution in [2.45, 2.75) is 88.4 Å². The summed E-state index contributed by atoms with van der Waals surface area (Å²) in [6.07, 6.45) is 8.56. The van der Waals surface area contributed by atoms with Crippen LogP contribution in [0, 0.1) is 11.8 Å². The fourth-order valence-electron chi connectivity index (χ4n) is 5.32. The number of hydrogen-bond donors (Lipinski definition) is 3. The van der Waals surface area contributed by atoms with Crippen LogP contribution < -0.4 is 14.8 Å². The Morgan fingerprint density at radius 3 is 2.42 bits per heavy atom. The monoisotopic (exact) mass is 514 g/mol. The van der Waals surface area contributed by atoms with Crippen LogP contribution in [0.3, 0.4) is 0 Å². The van der Waals surface area contributed by atoms with Crippen molar-refractivity contribution in [2.75, 3.05) is 0 Å². The first kappa shape index (κ1) is 26.6. The van der Waals surface area contributed by atoms with Crippen molar-refractivity contribution in [1.82, 2.24) is 10.0 Å². The molecule has 0 aromatic heterocycles. The first-order valence-corrected chi connectivity index (χ1v) is 14.6. The number of nitrogens with one attached hydrogen (secondary N) is 2. The number of carboxylic acid groups (broad SMARTS) is 1. The zero-order valence-corrected chi connectivity index (χ0v) is 21.8. The van der Waals surface area contributed by atoms with Gasteiger partial charge in [0.1, 0.15) is 12.4 Å². The molecule has 8 heteroatoms. The quantitative estimate of drug-likeness (QED) is 0.374. The van der Waals surface area contributed by atoms with Gasteiger partial charge in [-0.2, -0.15) is 0 Å². The number of benzene rings is 2. The highest BCUT2D eigenvalue weighted by molar-refractivity contribution is 7.89. The van der Waals surface area contributed by atoms with Gasteiger partial charge < -0.3 is 15.2 Å². The number of hydrogen-bond acceptors (Lipinski definition) is 5. The summed E-state index contributed by atoms with van der Waals surface area (Å²) in [6.45, 7) is 3.05. The molecule has 0 aliphatic heterocycles. The number of carboxylic acids is 1. The predicted molar refractivity (Wildman–Crippen MR) is 139 cm³/mol. The molecule has 7 nitrogen and oxygen atoms in total. The van der Waals surface area contributed by atoms with E-state index in [2.05, 4.69) is 17.0 Å². The van der Waals surface area contributed by atoms with E-state index in [9.17, 15) is 13.2 Å². The summed E-state index contributed by atoms with van der Waals surface area (Å²) in [5.41, 5.74) is 1.60. The van der Waals surface area contributed by atoms with Gasteiger partial charge in [0.25, 0.3) is 0 Å². The standard InChI is InChI=1S/C28H38N2O5S/c1-20(15-21-9-3-2-4-10-21)29-18-22-11-5-7-13-26(22)35-19-23-12-6-8-14-27(23)36(33,34)30-25-16-24(17-25)28(31)32/h5-8,11-14,20-21,24-25,29-30H,2-4,9-10,15-19H2,1H3,(H,31,32)/t20?,24-,25-. The van der Waals surface area contributed by atoms with Crippen LogP contribution in [0.1, 0.15) is 69.4 Å². The molecule has 0 heterocycles. The normalized spacial score (nSPS) is 21.5. The van der Waals surface area contributed by atoms with Crippen LogP contribution in [0.2, 0.25) is 0 Å². The molecule has 2 saturated carbocycles. The molecule has 2 aromatic carbocycles. The zero-order chi connectivity index (χ0) is 25.5. The molecule has 0 spiro atoms. The number of rotatable bonds is 12. The van der Waals surface area contributed by atoms with Crippen molar-refractivity contribution in [2.24, 2.45) is 11.8 Å². The molecular weight excluding hydrogens is 476 g/mol. The molecule has 196 valence electrons. The van der Waals surface area contributed by atoms with Gasteiger partial charge >= 0.3 is 5.97 Å². The van der Waals surface area contributed by atoms with Crippen LogP contribution in [-0.2, 0) is 28.0 Å². The smallest absolute Gasteiger partial charge is 0.306 e. The minimum atomic E-state index is -3.79. The summed E-state index contributed by atoms with van der Waals surface area (Å²) in [4.78, 5) is 11.2. The molecule has 3 N–H and O–H groups in total. The van der Waals surface area contributed by atoms with Crippen LogP contribution in [0.15, 0.2) is 53.4 Å². The van der Waals surface area contributed by atoms with Gasteiger partial charge in [0.15, 0.2) is 0 Å². The number of para-hydroxylation sites is 1. The van der Waals surface area contributed by atoms with Crippen molar-refractivity contribution in [3.63, 3.8) is 0 Å². The molecule has 36 heavy (non-hydrogen) atoms. The predicted octanol–water partition coefficient (Wildman–Crippen LogP) is 4.86. The second-order valence-electron chi connectivity index (χ2n) is 10.4. The Bertz CT molecular complexity index is 1120. The Kier molecular flexibility index (Phi) is 9.04. The maximum absolute atomic E-state index is 13.0. The molecule has 2 aromatic rings. The Balaban J connectivity index is 1.35. The number of aliphatic carboxylic acids is 1. The Labute approximate surface area is 214 Å². The fraction of sp³-hybridized carbons (Fsp3) is 0.536. The number of carbonyl (C=O) groups is 1. The van der Waals surface area contributed by atoms with Gasteiger partial charge in [-0.15, -0.1) is 0 Å². The van der Waals surface area contributed by atoms with Gasteiger partial charge in [0.2, 0.25) is 10.0 Å². The molecule has 0 amide bonds. The maximum Gasteiger partial charge on any atom is 0.306 e. The molecule has 0 bridgehead atoms. The van der Waals surface area contributed by atoms with Crippen LogP contribution in [0.5, 0.6) is 5.75 Å². The lowest BCUT2D eigenvalue weighted by Gasteiger charge is -2.32. The van der Waals surface area contributed by atoms with Crippen molar-refractivity contribution >= 4 is 16.0 Å². The van der Waals surface area contributed by atoms with E-state index in [1.165, 1.54) is 38.5 Å². The van der Waals surface area contributed by atoms with Gasteiger partial charge in [0.05, 0.1) is 10.8 Å². The SMILES string of the molecule is CC(CC1CCCCC1)NCc1ccccc1OCc1ccccc1S(=O)(=O)N[C@H]1C[C@H](C(=O)O)C1. The summed E-state index contributed by atoms with van der Waals surface area (Å²) in [7, 11) is -3.79. The molecule has 1 unspecified atom stereocenters. The van der Waals surface area contributed by atoms with Crippen molar-refractivity contribution in [1.29, 1.82) is 0 Å². The number of sulfonamides is 1. The number of ether oxygens (including phenoxy) is 1. The third-order valence-corrected chi connectivity index (χ3v) is 9.10. The van der Waals surface area contributed by atoms with Crippen LogP contribution in [0.25, 0.3) is 0 Å². The molecular formula is C28H38N2O5S. The summed E-state index contributed by atoms with van der Waals surface area (Å²) in [6, 6.07) is 14.7. The maximum atomic E-state index is 13.0. The van der Waals surface area contributed by atoms with Gasteiger partial charge in [-0.1, -0.05) is 68.5 Å². The van der Waals surface area contributed by atoms with Crippen LogP contribution in [0.4, 0.5) is 0 Å². The summed E-state index contributed by atoms with van der Waals surface area (Å²) < 4.78 is 34.8. The van der Waals surface area contributed by atoms with E-state index in [4.69, 9.17) is 9.84 Å². The van der Waals surface area contributed by atoms with Crippen molar-refractivity contribution < 1.29 is 23.1 Å². The third kappa shape index (κ3) is 7.08. The summed E-state index contributed by atoms with van der Waals surface area (Å²) in [5, 5.41) is 12.7. The van der Waals surface area contributed by atoms with Gasteiger partial charge in [-0.25, -0.2) is 13.1 Å². The van der Waals surface area contributed by atoms with Gasteiger partial charge in [-0.3, -0.25) is 4.79 Å². The molecule has 1 atom stereocenters. The second-order valence-corrected chi connectivity index (χ2v) is 12.0. The summed E-state index contributed by atoms with van der Waals surface area (Å²) >= 11 is 0. The zero-order valence-electron chi connectivity index (χ0n) is 21.0. The highest BCUT2D eigenvalue weighted by Crippen LogP contribution is 2.30. The van der Waals surface area contributed by atoms with E-state index in [1.54, 1.807) is 24.3 Å². The molecule has 4 rings (SSSR count). The van der Waals surface area contributed by atoms with E-state index in [-0.39, 0.29) is 17.5 Å². The lowest BCUT2D eigenvalue weighted by atomic mass is 9.81. The van der Waals surface area contributed by atoms with E-state index >= 15 is 0 Å². The van der Waals surface area contributed by atoms with Crippen LogP contribution >= 0.6 is 0 Å². The molecule has 0 saturated heterocycles. The highest BCUT2D eigenvalue weighted by atomic mass is 32.2. The molecule has 0 radical (unpaired) electrons. The summed E-state index contributed by atoms with van der Waals surface area (Å²) in [5.74, 6) is 0.190. The Morgan fingerprint density at radius 1 is 1.03 bits per heavy atom. The average Bonchev–Trinajstić information content (AvgIpc) is 2.84. The third-order valence-electron chi connectivity index (χ3n) is 7.48. The first-order chi connectivity index (χ1) is 17.3. The minimum Gasteiger partial charge on any atom is -0.489 e. The highest BCUT2D eigenvalue weighted by Gasteiger charge is 2.37. The van der Waals surface area contributed by atoms with Crippen molar-refractivity contribution in [3.8, 4) is 5.75 Å². The van der Waals surface area contributed by atoms with E-state index in [0.29, 0.717) is 31.0 Å².